The minimum atomic E-state index is -0.227. The molecule has 0 saturated carbocycles. The summed E-state index contributed by atoms with van der Waals surface area (Å²) >= 11 is 1.34. The van der Waals surface area contributed by atoms with Crippen molar-refractivity contribution in [2.75, 3.05) is 11.9 Å². The fourth-order valence-corrected chi connectivity index (χ4v) is 2.06. The van der Waals surface area contributed by atoms with Crippen LogP contribution >= 0.6 is 11.8 Å². The molecule has 0 aliphatic carbocycles. The van der Waals surface area contributed by atoms with E-state index in [4.69, 9.17) is 0 Å². The van der Waals surface area contributed by atoms with Gasteiger partial charge in [-0.3, -0.25) is 4.57 Å². The highest BCUT2D eigenvalue weighted by Gasteiger charge is 2.07. The molecule has 0 radical (unpaired) electrons. The van der Waals surface area contributed by atoms with Crippen LogP contribution in [0, 0.1) is 0 Å². The highest BCUT2D eigenvalue weighted by atomic mass is 32.2. The fourth-order valence-electron chi connectivity index (χ4n) is 1.27. The summed E-state index contributed by atoms with van der Waals surface area (Å²) in [6.45, 7) is 2.83. The Bertz CT molecular complexity index is 562. The number of nitrogens with one attached hydrogen (secondary N) is 2. The van der Waals surface area contributed by atoms with Crippen molar-refractivity contribution in [3.63, 3.8) is 0 Å². The number of rotatable bonds is 4. The van der Waals surface area contributed by atoms with Crippen molar-refractivity contribution in [3.05, 3.63) is 28.7 Å². The molecule has 0 atom stereocenters. The summed E-state index contributed by atoms with van der Waals surface area (Å²) in [6, 6.07) is 5.69. The zero-order valence-electron chi connectivity index (χ0n) is 9.60. The molecular formula is C10H13N5OS. The molecule has 0 fully saturated rings. The van der Waals surface area contributed by atoms with Crippen LogP contribution in [-0.4, -0.2) is 26.3 Å². The third-order valence-electron chi connectivity index (χ3n) is 2.12. The summed E-state index contributed by atoms with van der Waals surface area (Å²) in [4.78, 5) is 15.6. The lowest BCUT2D eigenvalue weighted by Gasteiger charge is -2.04. The number of nitrogens with zero attached hydrogens (tertiary/aromatic N) is 3. The average molecular weight is 251 g/mol. The number of anilines is 1. The van der Waals surface area contributed by atoms with E-state index in [1.54, 1.807) is 7.05 Å². The molecule has 2 aromatic rings. The van der Waals surface area contributed by atoms with Crippen molar-refractivity contribution in [1.82, 2.24) is 19.7 Å². The maximum absolute atomic E-state index is 11.2. The molecule has 7 heteroatoms. The summed E-state index contributed by atoms with van der Waals surface area (Å²) in [7, 11) is 1.67. The maximum atomic E-state index is 11.2. The zero-order valence-corrected chi connectivity index (χ0v) is 10.4. The summed E-state index contributed by atoms with van der Waals surface area (Å²) < 4.78 is 1.45. The van der Waals surface area contributed by atoms with Gasteiger partial charge in [-0.05, 0) is 30.8 Å². The van der Waals surface area contributed by atoms with Gasteiger partial charge in [0.2, 0.25) is 0 Å². The quantitative estimate of drug-likeness (QED) is 0.850. The Kier molecular flexibility index (Phi) is 3.48. The minimum absolute atomic E-state index is 0.227. The van der Waals surface area contributed by atoms with Crippen molar-refractivity contribution in [2.24, 2.45) is 7.05 Å². The van der Waals surface area contributed by atoms with Gasteiger partial charge in [-0.2, -0.15) is 0 Å². The van der Waals surface area contributed by atoms with E-state index in [0.717, 1.165) is 17.4 Å². The molecule has 0 spiro atoms. The molecule has 0 aromatic carbocycles. The van der Waals surface area contributed by atoms with E-state index in [1.165, 1.54) is 16.3 Å². The van der Waals surface area contributed by atoms with Crippen LogP contribution in [0.4, 0.5) is 5.82 Å². The molecule has 0 aliphatic heterocycles. The van der Waals surface area contributed by atoms with Gasteiger partial charge in [-0.25, -0.2) is 14.9 Å². The summed E-state index contributed by atoms with van der Waals surface area (Å²) in [5, 5.41) is 10.8. The van der Waals surface area contributed by atoms with E-state index < -0.39 is 0 Å². The zero-order chi connectivity index (χ0) is 12.3. The second-order valence-electron chi connectivity index (χ2n) is 3.36. The number of H-pyrrole nitrogens is 1. The molecule has 90 valence electrons. The van der Waals surface area contributed by atoms with E-state index >= 15 is 0 Å². The van der Waals surface area contributed by atoms with Gasteiger partial charge in [-0.15, -0.1) is 5.10 Å². The molecule has 0 aliphatic rings. The molecule has 2 N–H and O–H groups in total. The molecule has 2 heterocycles. The van der Waals surface area contributed by atoms with Gasteiger partial charge in [-0.1, -0.05) is 6.07 Å². The Morgan fingerprint density at radius 2 is 2.35 bits per heavy atom. The number of hydrogen-bond donors (Lipinski definition) is 2. The van der Waals surface area contributed by atoms with Crippen LogP contribution in [0.3, 0.4) is 0 Å². The molecule has 0 amide bonds. The molecule has 0 unspecified atom stereocenters. The van der Waals surface area contributed by atoms with Gasteiger partial charge >= 0.3 is 5.69 Å². The van der Waals surface area contributed by atoms with Gasteiger partial charge in [0.05, 0.1) is 0 Å². The third kappa shape index (κ3) is 2.68. The molecule has 6 nitrogen and oxygen atoms in total. The first-order valence-electron chi connectivity index (χ1n) is 5.21. The van der Waals surface area contributed by atoms with Crippen LogP contribution in [0.5, 0.6) is 0 Å². The lowest BCUT2D eigenvalue weighted by atomic mass is 10.4. The number of aromatic nitrogens is 4. The highest BCUT2D eigenvalue weighted by Crippen LogP contribution is 2.23. The van der Waals surface area contributed by atoms with Gasteiger partial charge in [0.25, 0.3) is 0 Å². The average Bonchev–Trinajstić information content (AvgIpc) is 2.62. The van der Waals surface area contributed by atoms with Crippen LogP contribution in [0.2, 0.25) is 0 Å². The van der Waals surface area contributed by atoms with Crippen LogP contribution in [0.1, 0.15) is 6.92 Å². The van der Waals surface area contributed by atoms with E-state index in [9.17, 15) is 4.79 Å². The second kappa shape index (κ2) is 5.05. The van der Waals surface area contributed by atoms with Crippen LogP contribution < -0.4 is 11.0 Å². The predicted octanol–water partition coefficient (Wildman–Crippen LogP) is 1.09. The SMILES string of the molecule is CCNc1cccc(Sc2n[nH]c(=O)n2C)n1. The smallest absolute Gasteiger partial charge is 0.343 e. The Labute approximate surface area is 102 Å². The van der Waals surface area contributed by atoms with Crippen LogP contribution in [0.25, 0.3) is 0 Å². The van der Waals surface area contributed by atoms with Gasteiger partial charge in [0.1, 0.15) is 10.8 Å². The maximum Gasteiger partial charge on any atom is 0.343 e. The number of hydrogen-bond acceptors (Lipinski definition) is 5. The third-order valence-corrected chi connectivity index (χ3v) is 3.10. The monoisotopic (exact) mass is 251 g/mol. The van der Waals surface area contributed by atoms with Crippen LogP contribution in [-0.2, 0) is 7.05 Å². The van der Waals surface area contributed by atoms with E-state index in [2.05, 4.69) is 20.5 Å². The first-order valence-corrected chi connectivity index (χ1v) is 6.02. The van der Waals surface area contributed by atoms with Gasteiger partial charge in [0, 0.05) is 13.6 Å². The first kappa shape index (κ1) is 11.7. The van der Waals surface area contributed by atoms with E-state index in [1.807, 2.05) is 25.1 Å². The molecule has 17 heavy (non-hydrogen) atoms. The predicted molar refractivity (Wildman–Crippen MR) is 66.4 cm³/mol. The second-order valence-corrected chi connectivity index (χ2v) is 4.35. The summed E-state index contributed by atoms with van der Waals surface area (Å²) in [5.41, 5.74) is -0.227. The lowest BCUT2D eigenvalue weighted by molar-refractivity contribution is 0.765. The number of pyridine rings is 1. The normalized spacial score (nSPS) is 10.5. The van der Waals surface area contributed by atoms with Gasteiger partial charge < -0.3 is 5.32 Å². The van der Waals surface area contributed by atoms with Gasteiger partial charge in [0.15, 0.2) is 5.16 Å². The summed E-state index contributed by atoms with van der Waals surface area (Å²) in [5.74, 6) is 0.818. The van der Waals surface area contributed by atoms with Crippen molar-refractivity contribution >= 4 is 17.6 Å². The Morgan fingerprint density at radius 1 is 1.53 bits per heavy atom. The van der Waals surface area contributed by atoms with E-state index in [-0.39, 0.29) is 5.69 Å². The van der Waals surface area contributed by atoms with Crippen molar-refractivity contribution in [3.8, 4) is 0 Å². The number of aromatic amines is 1. The minimum Gasteiger partial charge on any atom is -0.370 e. The molecule has 2 aromatic heterocycles. The topological polar surface area (TPSA) is 75.6 Å². The Balaban J connectivity index is 2.21. The van der Waals surface area contributed by atoms with Crippen molar-refractivity contribution < 1.29 is 0 Å². The fraction of sp³-hybridized carbons (Fsp3) is 0.300. The summed E-state index contributed by atoms with van der Waals surface area (Å²) in [6.07, 6.45) is 0. The molecule has 0 saturated heterocycles. The Hall–Kier alpha value is -1.76. The Morgan fingerprint density at radius 3 is 3.00 bits per heavy atom. The highest BCUT2D eigenvalue weighted by molar-refractivity contribution is 7.99. The standard InChI is InChI=1S/C10H13N5OS/c1-3-11-7-5-4-6-8(12-7)17-10-14-13-9(16)15(10)2/h4-6H,3H2,1-2H3,(H,11,12)(H,13,16). The molecule has 2 rings (SSSR count). The lowest BCUT2D eigenvalue weighted by Crippen LogP contribution is -2.12. The molecule has 0 bridgehead atoms. The molecular weight excluding hydrogens is 238 g/mol. The van der Waals surface area contributed by atoms with E-state index in [0.29, 0.717) is 5.16 Å². The van der Waals surface area contributed by atoms with Crippen LogP contribution in [0.15, 0.2) is 33.2 Å². The van der Waals surface area contributed by atoms with Crippen molar-refractivity contribution in [2.45, 2.75) is 17.1 Å². The first-order chi connectivity index (χ1) is 8.20. The van der Waals surface area contributed by atoms with Crippen molar-refractivity contribution in [1.29, 1.82) is 0 Å². The largest absolute Gasteiger partial charge is 0.370 e.